The van der Waals surface area contributed by atoms with E-state index in [0.29, 0.717) is 36.9 Å². The summed E-state index contributed by atoms with van der Waals surface area (Å²) >= 11 is 1.47. The number of carbonyl (C=O) groups is 2. The molecule has 0 unspecified atom stereocenters. The van der Waals surface area contributed by atoms with E-state index in [9.17, 15) is 9.59 Å². The van der Waals surface area contributed by atoms with Gasteiger partial charge in [0.05, 0.1) is 23.0 Å². The molecule has 4 rings (SSSR count). The van der Waals surface area contributed by atoms with Crippen LogP contribution in [0.15, 0.2) is 29.8 Å². The van der Waals surface area contributed by atoms with Gasteiger partial charge in [-0.15, -0.1) is 11.3 Å². The van der Waals surface area contributed by atoms with Crippen molar-refractivity contribution in [1.29, 1.82) is 0 Å². The fourth-order valence-electron chi connectivity index (χ4n) is 3.89. The quantitative estimate of drug-likeness (QED) is 0.511. The van der Waals surface area contributed by atoms with Gasteiger partial charge >= 0.3 is 6.09 Å². The van der Waals surface area contributed by atoms with Crippen LogP contribution < -0.4 is 5.32 Å². The number of aryl methyl sites for hydroxylation is 2. The highest BCUT2D eigenvalue weighted by Crippen LogP contribution is 2.31. The molecular weight excluding hydrogens is 456 g/mol. The number of pyridine rings is 1. The van der Waals surface area contributed by atoms with Crippen LogP contribution >= 0.6 is 11.3 Å². The van der Waals surface area contributed by atoms with Crippen molar-refractivity contribution in [3.05, 3.63) is 51.9 Å². The van der Waals surface area contributed by atoms with E-state index in [4.69, 9.17) is 9.47 Å². The summed E-state index contributed by atoms with van der Waals surface area (Å²) in [5, 5.41) is 10.1. The zero-order valence-electron chi connectivity index (χ0n) is 19.5. The largest absolute Gasteiger partial charge is 0.447 e. The number of piperidine rings is 1. The molecule has 0 radical (unpaired) electrons. The van der Waals surface area contributed by atoms with Crippen molar-refractivity contribution < 1.29 is 19.1 Å². The second kappa shape index (κ2) is 10.7. The zero-order valence-corrected chi connectivity index (χ0v) is 20.3. The van der Waals surface area contributed by atoms with Crippen molar-refractivity contribution in [3.8, 4) is 5.82 Å². The molecule has 0 aromatic carbocycles. The topological polar surface area (TPSA) is 111 Å². The molecule has 0 aliphatic carbocycles. The number of nitrogens with one attached hydrogen (secondary N) is 1. The minimum Gasteiger partial charge on any atom is -0.447 e. The molecule has 3 aromatic rings. The molecule has 2 amide bonds. The van der Waals surface area contributed by atoms with E-state index in [1.807, 2.05) is 19.9 Å². The van der Waals surface area contributed by atoms with E-state index in [1.165, 1.54) is 11.3 Å². The molecule has 34 heavy (non-hydrogen) atoms. The Kier molecular flexibility index (Phi) is 7.53. The van der Waals surface area contributed by atoms with Gasteiger partial charge in [-0.05, 0) is 44.9 Å². The number of aromatic nitrogens is 4. The minimum absolute atomic E-state index is 0.207. The Morgan fingerprint density at radius 2 is 2.03 bits per heavy atom. The number of nitrogens with zero attached hydrogens (tertiary/aromatic N) is 5. The molecule has 0 bridgehead atoms. The summed E-state index contributed by atoms with van der Waals surface area (Å²) in [6.07, 6.45) is 2.91. The van der Waals surface area contributed by atoms with Crippen LogP contribution in [0.5, 0.6) is 0 Å². The molecule has 11 heteroatoms. The first-order valence-electron chi connectivity index (χ1n) is 11.1. The van der Waals surface area contributed by atoms with Gasteiger partial charge in [0.2, 0.25) is 0 Å². The van der Waals surface area contributed by atoms with Gasteiger partial charge < -0.3 is 19.7 Å². The van der Waals surface area contributed by atoms with Crippen LogP contribution in [-0.4, -0.2) is 70.1 Å². The van der Waals surface area contributed by atoms with Gasteiger partial charge in [-0.1, -0.05) is 0 Å². The highest BCUT2D eigenvalue weighted by Gasteiger charge is 2.27. The van der Waals surface area contributed by atoms with Gasteiger partial charge in [-0.25, -0.2) is 19.4 Å². The SMILES string of the molecule is COCCOC(=O)N1CCC(c2nc(C(=O)Nc3cccnc3-n3nc(C)cc3C)cs2)CC1. The van der Waals surface area contributed by atoms with Crippen molar-refractivity contribution in [2.24, 2.45) is 0 Å². The number of carbonyl (C=O) groups excluding carboxylic acids is 2. The Labute approximate surface area is 201 Å². The first-order chi connectivity index (χ1) is 16.5. The molecule has 180 valence electrons. The van der Waals surface area contributed by atoms with Gasteiger partial charge in [-0.3, -0.25) is 4.79 Å². The first-order valence-corrected chi connectivity index (χ1v) is 12.0. The van der Waals surface area contributed by atoms with Crippen LogP contribution in [0.2, 0.25) is 0 Å². The molecule has 1 saturated heterocycles. The maximum Gasteiger partial charge on any atom is 0.409 e. The number of hydrogen-bond donors (Lipinski definition) is 1. The molecule has 1 N–H and O–H groups in total. The molecule has 10 nitrogen and oxygen atoms in total. The number of anilines is 1. The number of hydrogen-bond acceptors (Lipinski definition) is 8. The lowest BCUT2D eigenvalue weighted by atomic mass is 9.98. The fraction of sp³-hybridized carbons (Fsp3) is 0.435. The third kappa shape index (κ3) is 5.42. The van der Waals surface area contributed by atoms with E-state index in [2.05, 4.69) is 20.4 Å². The Bertz CT molecular complexity index is 1150. The lowest BCUT2D eigenvalue weighted by Gasteiger charge is -2.30. The van der Waals surface area contributed by atoms with Crippen molar-refractivity contribution >= 4 is 29.0 Å². The van der Waals surface area contributed by atoms with Gasteiger partial charge in [0, 0.05) is 43.4 Å². The Morgan fingerprint density at radius 3 is 2.74 bits per heavy atom. The predicted octanol–water partition coefficient (Wildman–Crippen LogP) is 3.56. The molecule has 0 saturated carbocycles. The van der Waals surface area contributed by atoms with Crippen LogP contribution in [0, 0.1) is 13.8 Å². The van der Waals surface area contributed by atoms with Gasteiger partial charge in [-0.2, -0.15) is 5.10 Å². The summed E-state index contributed by atoms with van der Waals surface area (Å²) in [6, 6.07) is 5.52. The number of rotatable bonds is 7. The number of amides is 2. The van der Waals surface area contributed by atoms with E-state index in [-0.39, 0.29) is 24.5 Å². The number of ether oxygens (including phenoxy) is 2. The average Bonchev–Trinajstić information content (AvgIpc) is 3.46. The standard InChI is InChI=1S/C23H28N6O4S/c1-15-13-16(2)29(27-15)20-18(5-4-8-24-20)25-21(30)19-14-34-22(26-19)17-6-9-28(10-7-17)23(31)33-12-11-32-3/h4-5,8,13-14,17H,6-7,9-12H2,1-3H3,(H,25,30). The van der Waals surface area contributed by atoms with Crippen molar-refractivity contribution in [2.45, 2.75) is 32.6 Å². The number of thiazole rings is 1. The third-order valence-corrected chi connectivity index (χ3v) is 6.62. The van der Waals surface area contributed by atoms with Crippen molar-refractivity contribution in [1.82, 2.24) is 24.6 Å². The predicted molar refractivity (Wildman–Crippen MR) is 128 cm³/mol. The normalized spacial score (nSPS) is 14.3. The third-order valence-electron chi connectivity index (χ3n) is 5.62. The van der Waals surface area contributed by atoms with Gasteiger partial charge in [0.1, 0.15) is 12.3 Å². The highest BCUT2D eigenvalue weighted by molar-refractivity contribution is 7.10. The first kappa shape index (κ1) is 23.8. The van der Waals surface area contributed by atoms with Crippen molar-refractivity contribution in [2.75, 3.05) is 38.7 Å². The summed E-state index contributed by atoms with van der Waals surface area (Å²) < 4.78 is 11.8. The maximum atomic E-state index is 12.9. The lowest BCUT2D eigenvalue weighted by molar-refractivity contribution is 0.0659. The fourth-order valence-corrected chi connectivity index (χ4v) is 4.86. The van der Waals surface area contributed by atoms with Crippen molar-refractivity contribution in [3.63, 3.8) is 0 Å². The number of likely N-dealkylation sites (tertiary alicyclic amines) is 1. The Hall–Kier alpha value is -3.31. The molecule has 0 spiro atoms. The van der Waals surface area contributed by atoms with Gasteiger partial charge in [0.25, 0.3) is 5.91 Å². The maximum absolute atomic E-state index is 12.9. The smallest absolute Gasteiger partial charge is 0.409 e. The molecule has 1 aliphatic rings. The zero-order chi connectivity index (χ0) is 24.1. The van der Waals surface area contributed by atoms with Crippen LogP contribution in [0.1, 0.15) is 45.6 Å². The van der Waals surface area contributed by atoms with E-state index < -0.39 is 0 Å². The summed E-state index contributed by atoms with van der Waals surface area (Å²) in [5.74, 6) is 0.470. The van der Waals surface area contributed by atoms with Crippen LogP contribution in [0.25, 0.3) is 5.82 Å². The Morgan fingerprint density at radius 1 is 1.24 bits per heavy atom. The number of methoxy groups -OCH3 is 1. The van der Waals surface area contributed by atoms with Crippen LogP contribution in [0.4, 0.5) is 10.5 Å². The average molecular weight is 485 g/mol. The molecule has 4 heterocycles. The molecule has 0 atom stereocenters. The summed E-state index contributed by atoms with van der Waals surface area (Å²) in [6.45, 7) is 5.68. The molecule has 1 aliphatic heterocycles. The van der Waals surface area contributed by atoms with E-state index >= 15 is 0 Å². The minimum atomic E-state index is -0.315. The second-order valence-corrected chi connectivity index (χ2v) is 9.00. The molecule has 3 aromatic heterocycles. The summed E-state index contributed by atoms with van der Waals surface area (Å²) in [4.78, 5) is 35.8. The van der Waals surface area contributed by atoms with Crippen LogP contribution in [0.3, 0.4) is 0 Å². The monoisotopic (exact) mass is 484 g/mol. The van der Waals surface area contributed by atoms with Gasteiger partial charge in [0.15, 0.2) is 5.82 Å². The highest BCUT2D eigenvalue weighted by atomic mass is 32.1. The second-order valence-electron chi connectivity index (χ2n) is 8.11. The summed E-state index contributed by atoms with van der Waals surface area (Å²) in [5.41, 5.74) is 2.73. The van der Waals surface area contributed by atoms with E-state index in [1.54, 1.807) is 40.4 Å². The van der Waals surface area contributed by atoms with E-state index in [0.717, 1.165) is 29.2 Å². The summed E-state index contributed by atoms with van der Waals surface area (Å²) in [7, 11) is 1.57. The lowest BCUT2D eigenvalue weighted by Crippen LogP contribution is -2.38. The van der Waals surface area contributed by atoms with Crippen LogP contribution in [-0.2, 0) is 9.47 Å². The molecular formula is C23H28N6O4S. The Balaban J connectivity index is 1.38. The molecule has 1 fully saturated rings.